The Morgan fingerprint density at radius 2 is 1.66 bits per heavy atom. The Balaban J connectivity index is 1.35. The van der Waals surface area contributed by atoms with Crippen molar-refractivity contribution in [1.82, 2.24) is 14.9 Å². The maximum absolute atomic E-state index is 13.0. The lowest BCUT2D eigenvalue weighted by Crippen LogP contribution is -2.49. The van der Waals surface area contributed by atoms with Crippen LogP contribution in [0, 0.1) is 13.8 Å². The number of carbonyl (C=O) groups is 1. The maximum atomic E-state index is 13.0. The van der Waals surface area contributed by atoms with E-state index in [-0.39, 0.29) is 5.91 Å². The van der Waals surface area contributed by atoms with Gasteiger partial charge in [-0.25, -0.2) is 9.97 Å². The van der Waals surface area contributed by atoms with Crippen LogP contribution in [0.3, 0.4) is 0 Å². The van der Waals surface area contributed by atoms with Crippen LogP contribution in [-0.4, -0.2) is 54.1 Å². The average Bonchev–Trinajstić information content (AvgIpc) is 3.20. The van der Waals surface area contributed by atoms with Gasteiger partial charge in [-0.15, -0.1) is 11.3 Å². The highest BCUT2D eigenvalue weighted by molar-refractivity contribution is 7.18. The fraction of sp³-hybridized carbons (Fsp3) is 0.321. The molecule has 0 bridgehead atoms. The zero-order valence-electron chi connectivity index (χ0n) is 20.5. The van der Waals surface area contributed by atoms with E-state index in [4.69, 9.17) is 14.7 Å². The van der Waals surface area contributed by atoms with Crippen molar-refractivity contribution in [2.45, 2.75) is 26.7 Å². The Kier molecular flexibility index (Phi) is 6.68. The molecular weight excluding hydrogens is 456 g/mol. The summed E-state index contributed by atoms with van der Waals surface area (Å²) >= 11 is 1.75. The molecule has 1 aliphatic heterocycles. The first-order chi connectivity index (χ1) is 17.0. The topological polar surface area (TPSA) is 58.6 Å². The maximum Gasteiger partial charge on any atom is 0.253 e. The number of hydrogen-bond acceptors (Lipinski definition) is 6. The molecule has 1 fully saturated rings. The van der Waals surface area contributed by atoms with Crippen molar-refractivity contribution in [3.05, 3.63) is 82.0 Å². The Morgan fingerprint density at radius 3 is 2.34 bits per heavy atom. The quantitative estimate of drug-likeness (QED) is 0.381. The van der Waals surface area contributed by atoms with Gasteiger partial charge in [0.1, 0.15) is 22.2 Å². The summed E-state index contributed by atoms with van der Waals surface area (Å²) in [6.45, 7) is 7.14. The minimum atomic E-state index is 0.0613. The van der Waals surface area contributed by atoms with E-state index < -0.39 is 0 Å². The molecule has 5 rings (SSSR count). The molecule has 0 aliphatic carbocycles. The number of benzene rings is 2. The molecule has 0 saturated carbocycles. The van der Waals surface area contributed by atoms with Crippen LogP contribution >= 0.6 is 11.3 Å². The van der Waals surface area contributed by atoms with Gasteiger partial charge in [0.2, 0.25) is 0 Å². The third-order valence-electron chi connectivity index (χ3n) is 6.74. The van der Waals surface area contributed by atoms with Gasteiger partial charge in [-0.1, -0.05) is 30.3 Å². The fourth-order valence-electron chi connectivity index (χ4n) is 4.55. The summed E-state index contributed by atoms with van der Waals surface area (Å²) in [7, 11) is 1.63. The molecule has 1 saturated heterocycles. The second-order valence-electron chi connectivity index (χ2n) is 8.92. The molecule has 2 aromatic carbocycles. The zero-order chi connectivity index (χ0) is 24.4. The van der Waals surface area contributed by atoms with Crippen LogP contribution in [0.4, 0.5) is 5.82 Å². The molecule has 0 unspecified atom stereocenters. The second-order valence-corrected chi connectivity index (χ2v) is 10.1. The van der Waals surface area contributed by atoms with E-state index in [0.717, 1.165) is 53.5 Å². The normalized spacial score (nSPS) is 13.9. The van der Waals surface area contributed by atoms with Crippen molar-refractivity contribution >= 4 is 33.3 Å². The van der Waals surface area contributed by atoms with Crippen LogP contribution in [0.2, 0.25) is 0 Å². The highest BCUT2D eigenvalue weighted by Crippen LogP contribution is 2.35. The number of methoxy groups -OCH3 is 1. The summed E-state index contributed by atoms with van der Waals surface area (Å²) in [4.78, 5) is 29.6. The van der Waals surface area contributed by atoms with Gasteiger partial charge in [0.25, 0.3) is 5.91 Å². The zero-order valence-corrected chi connectivity index (χ0v) is 21.3. The highest BCUT2D eigenvalue weighted by atomic mass is 32.1. The van der Waals surface area contributed by atoms with E-state index >= 15 is 0 Å². The van der Waals surface area contributed by atoms with Gasteiger partial charge in [0.05, 0.1) is 12.5 Å². The SMILES string of the molecule is COc1ccc(C(=O)N2CCN(c3nc(CCc4ccccc4)nc4sc(C)c(C)c34)CC2)cc1. The number of amides is 1. The van der Waals surface area contributed by atoms with Crippen molar-refractivity contribution in [2.24, 2.45) is 0 Å². The van der Waals surface area contributed by atoms with Gasteiger partial charge < -0.3 is 14.5 Å². The molecule has 1 aliphatic rings. The highest BCUT2D eigenvalue weighted by Gasteiger charge is 2.26. The van der Waals surface area contributed by atoms with Crippen LogP contribution in [0.5, 0.6) is 5.75 Å². The Labute approximate surface area is 210 Å². The van der Waals surface area contributed by atoms with Crippen molar-refractivity contribution < 1.29 is 9.53 Å². The molecule has 7 heteroatoms. The third-order valence-corrected chi connectivity index (χ3v) is 7.84. The fourth-order valence-corrected chi connectivity index (χ4v) is 5.59. The Morgan fingerprint density at radius 1 is 0.943 bits per heavy atom. The number of nitrogens with zero attached hydrogens (tertiary/aromatic N) is 4. The first kappa shape index (κ1) is 23.3. The Bertz CT molecular complexity index is 1330. The van der Waals surface area contributed by atoms with Crippen LogP contribution in [0.1, 0.15) is 32.2 Å². The number of carbonyl (C=O) groups excluding carboxylic acids is 1. The summed E-state index contributed by atoms with van der Waals surface area (Å²) in [5, 5.41) is 1.16. The molecule has 2 aromatic heterocycles. The first-order valence-electron chi connectivity index (χ1n) is 12.0. The minimum absolute atomic E-state index is 0.0613. The number of anilines is 1. The molecule has 180 valence electrons. The third kappa shape index (κ3) is 4.86. The molecule has 0 spiro atoms. The predicted octanol–water partition coefficient (Wildman–Crippen LogP) is 5.06. The van der Waals surface area contributed by atoms with Gasteiger partial charge in [-0.3, -0.25) is 4.79 Å². The lowest BCUT2D eigenvalue weighted by Gasteiger charge is -2.36. The lowest BCUT2D eigenvalue weighted by molar-refractivity contribution is 0.0746. The molecule has 35 heavy (non-hydrogen) atoms. The van der Waals surface area contributed by atoms with Crippen LogP contribution in [0.15, 0.2) is 54.6 Å². The first-order valence-corrected chi connectivity index (χ1v) is 12.8. The van der Waals surface area contributed by atoms with Crippen molar-refractivity contribution in [1.29, 1.82) is 0 Å². The molecule has 1 amide bonds. The van der Waals surface area contributed by atoms with Crippen LogP contribution in [-0.2, 0) is 12.8 Å². The molecule has 0 atom stereocenters. The number of fused-ring (bicyclic) bond motifs is 1. The summed E-state index contributed by atoms with van der Waals surface area (Å²) in [6, 6.07) is 17.8. The van der Waals surface area contributed by atoms with Crippen molar-refractivity contribution in [3.63, 3.8) is 0 Å². The van der Waals surface area contributed by atoms with Gasteiger partial charge in [0.15, 0.2) is 0 Å². The molecule has 4 aromatic rings. The van der Waals surface area contributed by atoms with E-state index in [2.05, 4.69) is 43.0 Å². The van der Waals surface area contributed by atoms with Crippen LogP contribution < -0.4 is 9.64 Å². The van der Waals surface area contributed by atoms with E-state index in [0.29, 0.717) is 18.7 Å². The largest absolute Gasteiger partial charge is 0.497 e. The van der Waals surface area contributed by atoms with Gasteiger partial charge in [-0.2, -0.15) is 0 Å². The van der Waals surface area contributed by atoms with E-state index in [1.807, 2.05) is 35.2 Å². The number of rotatable bonds is 6. The van der Waals surface area contributed by atoms with Gasteiger partial charge in [-0.05, 0) is 55.7 Å². The summed E-state index contributed by atoms with van der Waals surface area (Å²) in [5.41, 5.74) is 3.24. The number of thiophene rings is 1. The summed E-state index contributed by atoms with van der Waals surface area (Å²) < 4.78 is 5.21. The molecule has 3 heterocycles. The molecule has 0 N–H and O–H groups in total. The number of piperazine rings is 1. The second kappa shape index (κ2) is 10.0. The number of aryl methyl sites for hydroxylation is 4. The van der Waals surface area contributed by atoms with Crippen molar-refractivity contribution in [2.75, 3.05) is 38.2 Å². The smallest absolute Gasteiger partial charge is 0.253 e. The van der Waals surface area contributed by atoms with E-state index in [1.165, 1.54) is 16.0 Å². The summed E-state index contributed by atoms with van der Waals surface area (Å²) in [6.07, 6.45) is 1.72. The predicted molar refractivity (Wildman–Crippen MR) is 142 cm³/mol. The molecule has 6 nitrogen and oxygen atoms in total. The lowest BCUT2D eigenvalue weighted by atomic mass is 10.1. The van der Waals surface area contributed by atoms with E-state index in [1.54, 1.807) is 18.4 Å². The monoisotopic (exact) mass is 486 g/mol. The minimum Gasteiger partial charge on any atom is -0.497 e. The number of hydrogen-bond donors (Lipinski definition) is 0. The molecular formula is C28H30N4O2S. The van der Waals surface area contributed by atoms with Gasteiger partial charge in [0, 0.05) is 43.0 Å². The number of aromatic nitrogens is 2. The standard InChI is InChI=1S/C28H30N4O2S/c1-19-20(2)35-27-25(19)26(29-24(30-27)14-9-21-7-5-4-6-8-21)31-15-17-32(18-16-31)28(33)22-10-12-23(34-3)13-11-22/h4-8,10-13H,9,14-18H2,1-3H3. The van der Waals surface area contributed by atoms with Crippen LogP contribution in [0.25, 0.3) is 10.2 Å². The number of ether oxygens (including phenoxy) is 1. The van der Waals surface area contributed by atoms with Gasteiger partial charge >= 0.3 is 0 Å². The summed E-state index contributed by atoms with van der Waals surface area (Å²) in [5.74, 6) is 2.71. The van der Waals surface area contributed by atoms with E-state index in [9.17, 15) is 4.79 Å². The van der Waals surface area contributed by atoms with Crippen molar-refractivity contribution in [3.8, 4) is 5.75 Å². The Hall–Kier alpha value is -3.45. The average molecular weight is 487 g/mol. The molecule has 0 radical (unpaired) electrons.